The lowest BCUT2D eigenvalue weighted by Crippen LogP contribution is -2.21. The minimum absolute atomic E-state index is 0.0392. The van der Waals surface area contributed by atoms with Crippen molar-refractivity contribution in [2.45, 2.75) is 25.4 Å². The van der Waals surface area contributed by atoms with E-state index in [9.17, 15) is 16.8 Å². The molecule has 104 valence electrons. The van der Waals surface area contributed by atoms with Gasteiger partial charge in [0, 0.05) is 11.5 Å². The Morgan fingerprint density at radius 3 is 1.56 bits per heavy atom. The lowest BCUT2D eigenvalue weighted by Gasteiger charge is -2.04. The Morgan fingerprint density at radius 2 is 1.28 bits per heavy atom. The van der Waals surface area contributed by atoms with Crippen LogP contribution in [0, 0.1) is 0 Å². The highest BCUT2D eigenvalue weighted by molar-refractivity contribution is 7.90. The molecule has 1 heterocycles. The molecule has 0 aliphatic carbocycles. The van der Waals surface area contributed by atoms with E-state index in [0.29, 0.717) is 0 Å². The first kappa shape index (κ1) is 14.9. The van der Waals surface area contributed by atoms with Gasteiger partial charge in [0.15, 0.2) is 31.3 Å². The van der Waals surface area contributed by atoms with Crippen LogP contribution in [0.15, 0.2) is 0 Å². The van der Waals surface area contributed by atoms with Gasteiger partial charge in [-0.2, -0.15) is 0 Å². The third-order valence-electron chi connectivity index (χ3n) is 2.41. The van der Waals surface area contributed by atoms with Gasteiger partial charge in [0.2, 0.25) is 0 Å². The molecule has 0 unspecified atom stereocenters. The Hall–Kier alpha value is -1.16. The minimum Gasteiger partial charge on any atom is -0.336 e. The summed E-state index contributed by atoms with van der Waals surface area (Å²) in [6, 6.07) is 0. The van der Waals surface area contributed by atoms with Gasteiger partial charge >= 0.3 is 0 Å². The van der Waals surface area contributed by atoms with Crippen molar-refractivity contribution in [3.63, 3.8) is 0 Å². The average molecular weight is 296 g/mol. The Morgan fingerprint density at radius 1 is 0.944 bits per heavy atom. The molecule has 0 radical (unpaired) electrons. The van der Waals surface area contributed by atoms with Crippen molar-refractivity contribution >= 4 is 19.7 Å². The van der Waals surface area contributed by atoms with Gasteiger partial charge in [-0.15, -0.1) is 10.2 Å². The molecule has 18 heavy (non-hydrogen) atoms. The third kappa shape index (κ3) is 3.67. The molecular weight excluding hydrogens is 280 g/mol. The lowest BCUT2D eigenvalue weighted by molar-refractivity contribution is 0.594. The Labute approximate surface area is 106 Å². The molecule has 0 atom stereocenters. The van der Waals surface area contributed by atoms with Crippen molar-refractivity contribution in [2.75, 3.05) is 17.3 Å². The summed E-state index contributed by atoms with van der Waals surface area (Å²) < 4.78 is 46.6. The quantitative estimate of drug-likeness (QED) is 0.658. The molecule has 0 aliphatic rings. The smallest absolute Gasteiger partial charge is 0.166 e. The maximum atomic E-state index is 11.4. The zero-order valence-corrected chi connectivity index (χ0v) is 11.8. The summed E-state index contributed by atoms with van der Waals surface area (Å²) in [6.45, 7) is 3.02. The van der Waals surface area contributed by atoms with Crippen LogP contribution in [-0.4, -0.2) is 43.2 Å². The summed E-state index contributed by atoms with van der Waals surface area (Å²) >= 11 is 0. The van der Waals surface area contributed by atoms with E-state index in [4.69, 9.17) is 5.84 Å². The number of rotatable bonds is 6. The van der Waals surface area contributed by atoms with Gasteiger partial charge in [-0.3, -0.25) is 0 Å². The third-order valence-corrected chi connectivity index (χ3v) is 5.57. The molecule has 0 aliphatic heterocycles. The SMILES string of the molecule is CCS(=O)(=O)Cc1nnc(CS(=O)(=O)CC)n1N. The lowest BCUT2D eigenvalue weighted by atomic mass is 10.7. The van der Waals surface area contributed by atoms with Crippen LogP contribution in [0.5, 0.6) is 0 Å². The summed E-state index contributed by atoms with van der Waals surface area (Å²) in [5, 5.41) is 7.22. The predicted molar refractivity (Wildman–Crippen MR) is 66.5 cm³/mol. The molecule has 0 saturated heterocycles. The molecule has 2 N–H and O–H groups in total. The molecule has 1 aromatic heterocycles. The second-order valence-electron chi connectivity index (χ2n) is 3.76. The number of aromatic nitrogens is 3. The van der Waals surface area contributed by atoms with Crippen LogP contribution in [0.1, 0.15) is 25.5 Å². The van der Waals surface area contributed by atoms with Crippen LogP contribution in [-0.2, 0) is 31.2 Å². The van der Waals surface area contributed by atoms with E-state index in [2.05, 4.69) is 10.2 Å². The highest BCUT2D eigenvalue weighted by Gasteiger charge is 2.20. The fourth-order valence-electron chi connectivity index (χ4n) is 1.16. The van der Waals surface area contributed by atoms with E-state index in [1.54, 1.807) is 0 Å². The number of hydrogen-bond donors (Lipinski definition) is 1. The van der Waals surface area contributed by atoms with Crippen LogP contribution < -0.4 is 5.84 Å². The van der Waals surface area contributed by atoms with Crippen molar-refractivity contribution in [1.82, 2.24) is 14.9 Å². The Bertz CT molecular complexity index is 564. The maximum absolute atomic E-state index is 11.4. The zero-order valence-electron chi connectivity index (χ0n) is 10.2. The fourth-order valence-corrected chi connectivity index (χ4v) is 2.74. The summed E-state index contributed by atoms with van der Waals surface area (Å²) in [4.78, 5) is 0. The summed E-state index contributed by atoms with van der Waals surface area (Å²) in [5.74, 6) is 4.90. The van der Waals surface area contributed by atoms with Crippen molar-refractivity contribution in [3.05, 3.63) is 11.6 Å². The monoisotopic (exact) mass is 296 g/mol. The van der Waals surface area contributed by atoms with E-state index in [1.807, 2.05) is 0 Å². The number of nitrogen functional groups attached to an aromatic ring is 1. The van der Waals surface area contributed by atoms with Crippen LogP contribution in [0.25, 0.3) is 0 Å². The molecule has 0 fully saturated rings. The van der Waals surface area contributed by atoms with Crippen LogP contribution in [0.2, 0.25) is 0 Å². The summed E-state index contributed by atoms with van der Waals surface area (Å²) in [7, 11) is -6.57. The maximum Gasteiger partial charge on any atom is 0.166 e. The molecule has 0 bridgehead atoms. The number of sulfone groups is 2. The molecule has 10 heteroatoms. The fraction of sp³-hybridized carbons (Fsp3) is 0.750. The second kappa shape index (κ2) is 5.22. The Balaban J connectivity index is 2.99. The minimum atomic E-state index is -3.28. The molecule has 0 spiro atoms. The van der Waals surface area contributed by atoms with Gasteiger partial charge in [0.1, 0.15) is 11.5 Å². The van der Waals surface area contributed by atoms with Gasteiger partial charge < -0.3 is 5.84 Å². The zero-order chi connectivity index (χ0) is 14.0. The first-order valence-electron chi connectivity index (χ1n) is 5.30. The van der Waals surface area contributed by atoms with E-state index < -0.39 is 19.7 Å². The predicted octanol–water partition coefficient (Wildman–Crippen LogP) is -1.14. The highest BCUT2D eigenvalue weighted by Crippen LogP contribution is 2.07. The van der Waals surface area contributed by atoms with Gasteiger partial charge in [-0.05, 0) is 0 Å². The Kier molecular flexibility index (Phi) is 4.32. The van der Waals surface area contributed by atoms with Crippen molar-refractivity contribution in [2.24, 2.45) is 0 Å². The number of nitrogens with two attached hydrogens (primary N) is 1. The first-order chi connectivity index (χ1) is 8.21. The molecule has 0 aromatic carbocycles. The van der Waals surface area contributed by atoms with Crippen molar-refractivity contribution in [1.29, 1.82) is 0 Å². The number of nitrogens with zero attached hydrogens (tertiary/aromatic N) is 3. The van der Waals surface area contributed by atoms with Gasteiger partial charge in [0.25, 0.3) is 0 Å². The van der Waals surface area contributed by atoms with Crippen molar-refractivity contribution in [3.8, 4) is 0 Å². The molecule has 1 aromatic rings. The molecule has 0 amide bonds. The molecular formula is C8H16N4O4S2. The van der Waals surface area contributed by atoms with Crippen LogP contribution in [0.3, 0.4) is 0 Å². The molecule has 0 saturated carbocycles. The largest absolute Gasteiger partial charge is 0.336 e. The molecule has 1 rings (SSSR count). The number of hydrogen-bond acceptors (Lipinski definition) is 7. The standard InChI is InChI=1S/C8H16N4O4S2/c1-3-17(13,14)5-7-10-11-8(12(7)9)6-18(15,16)4-2/h3-6,9H2,1-2H3. The van der Waals surface area contributed by atoms with E-state index in [1.165, 1.54) is 13.8 Å². The average Bonchev–Trinajstić information content (AvgIpc) is 2.61. The van der Waals surface area contributed by atoms with E-state index in [-0.39, 0.29) is 34.7 Å². The highest BCUT2D eigenvalue weighted by atomic mass is 32.2. The summed E-state index contributed by atoms with van der Waals surface area (Å²) in [6.07, 6.45) is 0. The topological polar surface area (TPSA) is 125 Å². The van der Waals surface area contributed by atoms with E-state index in [0.717, 1.165) is 4.68 Å². The van der Waals surface area contributed by atoms with Crippen molar-refractivity contribution < 1.29 is 16.8 Å². The van der Waals surface area contributed by atoms with Gasteiger partial charge in [-0.1, -0.05) is 13.8 Å². The normalized spacial score (nSPS) is 12.8. The van der Waals surface area contributed by atoms with Crippen LogP contribution >= 0.6 is 0 Å². The van der Waals surface area contributed by atoms with Gasteiger partial charge in [-0.25, -0.2) is 21.5 Å². The summed E-state index contributed by atoms with van der Waals surface area (Å²) in [5.41, 5.74) is 0. The van der Waals surface area contributed by atoms with Gasteiger partial charge in [0.05, 0.1) is 0 Å². The van der Waals surface area contributed by atoms with Crippen LogP contribution in [0.4, 0.5) is 0 Å². The second-order valence-corrected chi connectivity index (χ2v) is 8.46. The first-order valence-corrected chi connectivity index (χ1v) is 8.94. The molecule has 8 nitrogen and oxygen atoms in total. The van der Waals surface area contributed by atoms with E-state index >= 15 is 0 Å².